The Balaban J connectivity index is 0.000000201. The molecule has 0 aromatic heterocycles. The lowest BCUT2D eigenvalue weighted by atomic mass is 9.87. The predicted octanol–water partition coefficient (Wildman–Crippen LogP) is 3.21. The van der Waals surface area contributed by atoms with Gasteiger partial charge in [0.15, 0.2) is 0 Å². The minimum atomic E-state index is 0.728. The number of likely N-dealkylation sites (tertiary alicyclic amines) is 1. The van der Waals surface area contributed by atoms with E-state index < -0.39 is 0 Å². The van der Waals surface area contributed by atoms with Crippen LogP contribution in [0.3, 0.4) is 0 Å². The van der Waals surface area contributed by atoms with Crippen LogP contribution in [0.2, 0.25) is 10.0 Å². The van der Waals surface area contributed by atoms with Crippen molar-refractivity contribution >= 4 is 49.1 Å². The summed E-state index contributed by atoms with van der Waals surface area (Å²) in [5, 5.41) is 4.92. The minimum Gasteiger partial charge on any atom is -0.433 e. The molecule has 5 nitrogen and oxygen atoms in total. The molecule has 2 aromatic carbocycles. The van der Waals surface area contributed by atoms with Crippen LogP contribution in [0.1, 0.15) is 30.4 Å². The molecule has 2 heterocycles. The molecule has 2 fully saturated rings. The Morgan fingerprint density at radius 2 is 1.19 bits per heavy atom. The fourth-order valence-electron chi connectivity index (χ4n) is 4.16. The van der Waals surface area contributed by atoms with E-state index in [1.54, 1.807) is 15.0 Å². The Labute approximate surface area is 229 Å². The lowest BCUT2D eigenvalue weighted by Gasteiger charge is -2.26. The normalized spacial score (nSPS) is 16.8. The summed E-state index contributed by atoms with van der Waals surface area (Å²) in [6.07, 6.45) is 4.04. The average molecular weight is 530 g/mol. The lowest BCUT2D eigenvalue weighted by Crippen LogP contribution is -2.44. The molecule has 0 saturated carbocycles. The van der Waals surface area contributed by atoms with Crippen LogP contribution in [0.25, 0.3) is 0 Å². The zero-order valence-electron chi connectivity index (χ0n) is 21.8. The molecule has 4 rings (SSSR count). The summed E-state index contributed by atoms with van der Waals surface area (Å²) < 4.78 is 11.2. The van der Waals surface area contributed by atoms with E-state index in [0.717, 1.165) is 84.6 Å². The van der Waals surface area contributed by atoms with Crippen LogP contribution in [-0.4, -0.2) is 90.3 Å². The maximum absolute atomic E-state index is 6.06. The number of hydrogen-bond acceptors (Lipinski definition) is 5. The van der Waals surface area contributed by atoms with Crippen molar-refractivity contribution in [3.8, 4) is 0 Å². The van der Waals surface area contributed by atoms with Gasteiger partial charge in [-0.2, -0.15) is 0 Å². The number of piperidine rings is 1. The predicted molar refractivity (Wildman–Crippen MR) is 155 cm³/mol. The van der Waals surface area contributed by atoms with Gasteiger partial charge in [-0.25, -0.2) is 0 Å². The highest BCUT2D eigenvalue weighted by atomic mass is 35.5. The van der Waals surface area contributed by atoms with E-state index in [9.17, 15) is 0 Å². The molecule has 2 aliphatic heterocycles. The van der Waals surface area contributed by atoms with Gasteiger partial charge in [0.25, 0.3) is 0 Å². The smallest absolute Gasteiger partial charge is 0.330 e. The maximum Gasteiger partial charge on any atom is 0.330 e. The van der Waals surface area contributed by atoms with Gasteiger partial charge >= 0.3 is 15.0 Å². The third-order valence-electron chi connectivity index (χ3n) is 6.54. The molecule has 2 radical (unpaired) electrons. The Morgan fingerprint density at radius 3 is 1.67 bits per heavy atom. The number of hydrogen-bond donors (Lipinski definition) is 1. The first-order valence-corrected chi connectivity index (χ1v) is 13.8. The van der Waals surface area contributed by atoms with E-state index in [1.165, 1.54) is 32.4 Å². The van der Waals surface area contributed by atoms with Crippen LogP contribution in [0.5, 0.6) is 0 Å². The summed E-state index contributed by atoms with van der Waals surface area (Å²) in [4.78, 5) is 4.88. The van der Waals surface area contributed by atoms with Gasteiger partial charge in [-0.1, -0.05) is 64.8 Å². The molecule has 0 aliphatic carbocycles. The molecular weight excluding hydrogens is 491 g/mol. The molecule has 9 heteroatoms. The van der Waals surface area contributed by atoms with Gasteiger partial charge in [-0.05, 0) is 63.0 Å². The fraction of sp³-hybridized carbons (Fsp3) is 0.556. The summed E-state index contributed by atoms with van der Waals surface area (Å²) in [5.74, 6) is 0. The second-order valence-corrected chi connectivity index (χ2v) is 10.3. The van der Waals surface area contributed by atoms with Crippen molar-refractivity contribution < 1.29 is 9.31 Å². The molecular formula is C27H39B2Cl2N3O2. The van der Waals surface area contributed by atoms with Crippen molar-refractivity contribution in [2.45, 2.75) is 33.1 Å². The summed E-state index contributed by atoms with van der Waals surface area (Å²) in [7, 11) is 3.59. The monoisotopic (exact) mass is 529 g/mol. The van der Waals surface area contributed by atoms with Gasteiger partial charge in [0.05, 0.1) is 0 Å². The molecule has 0 atom stereocenters. The first-order valence-electron chi connectivity index (χ1n) is 13.1. The van der Waals surface area contributed by atoms with Crippen molar-refractivity contribution in [2.24, 2.45) is 0 Å². The van der Waals surface area contributed by atoms with E-state index in [4.69, 9.17) is 32.5 Å². The molecule has 0 unspecified atom stereocenters. The van der Waals surface area contributed by atoms with Crippen molar-refractivity contribution in [1.29, 1.82) is 0 Å². The van der Waals surface area contributed by atoms with E-state index in [-0.39, 0.29) is 0 Å². The van der Waals surface area contributed by atoms with E-state index in [2.05, 4.69) is 15.1 Å². The highest BCUT2D eigenvalue weighted by Gasteiger charge is 2.10. The first kappa shape index (κ1) is 29.5. The molecule has 1 N–H and O–H groups in total. The Kier molecular flexibility index (Phi) is 13.7. The van der Waals surface area contributed by atoms with E-state index in [0.29, 0.717) is 0 Å². The number of piperazine rings is 1. The summed E-state index contributed by atoms with van der Waals surface area (Å²) in [6, 6.07) is 11.9. The Hall–Kier alpha value is -1.05. The molecule has 0 bridgehead atoms. The molecule has 36 heavy (non-hydrogen) atoms. The highest BCUT2D eigenvalue weighted by molar-refractivity contribution is 6.48. The van der Waals surface area contributed by atoms with Crippen LogP contribution >= 0.6 is 23.2 Å². The topological polar surface area (TPSA) is 37.0 Å². The van der Waals surface area contributed by atoms with Crippen LogP contribution < -0.4 is 16.2 Å². The zero-order chi connectivity index (χ0) is 25.6. The quantitative estimate of drug-likeness (QED) is 0.378. The summed E-state index contributed by atoms with van der Waals surface area (Å²) in [5.41, 5.74) is 4.24. The van der Waals surface area contributed by atoms with Crippen molar-refractivity contribution in [1.82, 2.24) is 15.1 Å². The molecule has 2 aliphatic rings. The SMILES string of the molecule is Cc1ccc([B]OCCN2CCCCC2)cc1Cl.Cc1ccc([B]OCCN2CCNCC2)cc1Cl. The maximum atomic E-state index is 6.06. The van der Waals surface area contributed by atoms with Gasteiger partial charge < -0.3 is 19.5 Å². The first-order chi connectivity index (χ1) is 17.5. The summed E-state index contributed by atoms with van der Waals surface area (Å²) in [6.45, 7) is 14.3. The standard InChI is InChI=1S/C14H20BClNO.C13H19BClN2O/c1-12-5-6-13(11-14(12)16)15-18-10-9-17-7-3-2-4-8-17;1-11-2-3-12(10-13(11)15)14-18-9-8-17-6-4-16-5-7-17/h5-6,11H,2-4,7-10H2,1H3;2-3,10,16H,4-9H2,1H3. The van der Waals surface area contributed by atoms with Gasteiger partial charge in [-0.3, -0.25) is 4.90 Å². The van der Waals surface area contributed by atoms with Crippen LogP contribution in [-0.2, 0) is 9.31 Å². The molecule has 2 saturated heterocycles. The number of rotatable bonds is 10. The van der Waals surface area contributed by atoms with Gasteiger partial charge in [0.2, 0.25) is 0 Å². The molecule has 2 aromatic rings. The fourth-order valence-corrected chi connectivity index (χ4v) is 4.53. The van der Waals surface area contributed by atoms with Crippen molar-refractivity contribution in [2.75, 3.05) is 65.6 Å². The van der Waals surface area contributed by atoms with E-state index in [1.807, 2.05) is 50.2 Å². The van der Waals surface area contributed by atoms with Crippen molar-refractivity contribution in [3.05, 3.63) is 57.6 Å². The van der Waals surface area contributed by atoms with Gasteiger partial charge in [-0.15, -0.1) is 0 Å². The number of nitrogens with one attached hydrogen (secondary N) is 1. The highest BCUT2D eigenvalue weighted by Crippen LogP contribution is 2.12. The lowest BCUT2D eigenvalue weighted by molar-refractivity contribution is 0.187. The largest absolute Gasteiger partial charge is 0.433 e. The van der Waals surface area contributed by atoms with Gasteiger partial charge in [0.1, 0.15) is 0 Å². The number of nitrogens with zero attached hydrogens (tertiary/aromatic N) is 2. The molecule has 194 valence electrons. The van der Waals surface area contributed by atoms with Crippen LogP contribution in [0.4, 0.5) is 0 Å². The number of benzene rings is 2. The van der Waals surface area contributed by atoms with E-state index >= 15 is 0 Å². The van der Waals surface area contributed by atoms with Gasteiger partial charge in [0, 0.05) is 62.5 Å². The second kappa shape index (κ2) is 16.7. The number of aryl methyl sites for hydroxylation is 2. The second-order valence-electron chi connectivity index (χ2n) is 9.49. The number of halogens is 2. The average Bonchev–Trinajstić information content (AvgIpc) is 2.90. The Bertz CT molecular complexity index is 837. The molecule has 0 spiro atoms. The minimum absolute atomic E-state index is 0.728. The summed E-state index contributed by atoms with van der Waals surface area (Å²) >= 11 is 12.1. The Morgan fingerprint density at radius 1 is 0.722 bits per heavy atom. The van der Waals surface area contributed by atoms with Crippen LogP contribution in [0.15, 0.2) is 36.4 Å². The molecule has 0 amide bonds. The third-order valence-corrected chi connectivity index (χ3v) is 7.35. The zero-order valence-corrected chi connectivity index (χ0v) is 23.3. The van der Waals surface area contributed by atoms with Crippen molar-refractivity contribution in [3.63, 3.8) is 0 Å². The van der Waals surface area contributed by atoms with Crippen LogP contribution in [0, 0.1) is 13.8 Å². The third kappa shape index (κ3) is 11.1.